The maximum atomic E-state index is 13.5. The van der Waals surface area contributed by atoms with E-state index in [4.69, 9.17) is 5.73 Å². The van der Waals surface area contributed by atoms with Crippen LogP contribution in [0.1, 0.15) is 17.4 Å². The number of thiophene rings is 1. The normalized spacial score (nSPS) is 12.6. The monoisotopic (exact) mass is 282 g/mol. The summed E-state index contributed by atoms with van der Waals surface area (Å²) >= 11 is 1.57. The molecule has 2 nitrogen and oxygen atoms in total. The van der Waals surface area contributed by atoms with Gasteiger partial charge in [0.2, 0.25) is 0 Å². The first-order chi connectivity index (χ1) is 9.08. The van der Waals surface area contributed by atoms with Gasteiger partial charge in [-0.1, -0.05) is 6.07 Å². The van der Waals surface area contributed by atoms with Crippen LogP contribution in [0.15, 0.2) is 29.6 Å². The Morgan fingerprint density at radius 2 is 1.95 bits per heavy atom. The van der Waals surface area contributed by atoms with Crippen molar-refractivity contribution in [1.82, 2.24) is 5.32 Å². The van der Waals surface area contributed by atoms with E-state index < -0.39 is 11.6 Å². The zero-order chi connectivity index (χ0) is 13.8. The third-order valence-electron chi connectivity index (χ3n) is 2.96. The van der Waals surface area contributed by atoms with Crippen LogP contribution in [0.2, 0.25) is 0 Å². The second-order valence-corrected chi connectivity index (χ2v) is 5.49. The maximum Gasteiger partial charge on any atom is 0.129 e. The van der Waals surface area contributed by atoms with Crippen LogP contribution in [0.25, 0.3) is 0 Å². The fraction of sp³-hybridized carbons (Fsp3) is 0.286. The second-order valence-electron chi connectivity index (χ2n) is 4.49. The molecule has 0 aliphatic carbocycles. The van der Waals surface area contributed by atoms with Crippen molar-refractivity contribution in [2.75, 3.05) is 5.73 Å². The van der Waals surface area contributed by atoms with Crippen LogP contribution in [-0.2, 0) is 13.0 Å². The summed E-state index contributed by atoms with van der Waals surface area (Å²) in [6.07, 6.45) is 0.309. The number of halogens is 2. The van der Waals surface area contributed by atoms with Gasteiger partial charge in [-0.05, 0) is 36.9 Å². The van der Waals surface area contributed by atoms with E-state index in [1.54, 1.807) is 11.3 Å². The van der Waals surface area contributed by atoms with E-state index in [0.717, 1.165) is 10.6 Å². The van der Waals surface area contributed by atoms with Crippen molar-refractivity contribution in [2.24, 2.45) is 0 Å². The summed E-state index contributed by atoms with van der Waals surface area (Å²) < 4.78 is 27.0. The summed E-state index contributed by atoms with van der Waals surface area (Å²) in [7, 11) is 0. The predicted molar refractivity (Wildman–Crippen MR) is 75.1 cm³/mol. The first-order valence-corrected chi connectivity index (χ1v) is 6.94. The lowest BCUT2D eigenvalue weighted by Gasteiger charge is -2.14. The van der Waals surface area contributed by atoms with E-state index in [0.29, 0.717) is 13.0 Å². The molecule has 2 rings (SSSR count). The molecule has 0 radical (unpaired) electrons. The molecule has 2 aromatic rings. The van der Waals surface area contributed by atoms with Crippen molar-refractivity contribution in [3.63, 3.8) is 0 Å². The molecule has 1 aromatic carbocycles. The highest BCUT2D eigenvalue weighted by atomic mass is 32.1. The Morgan fingerprint density at radius 1 is 1.26 bits per heavy atom. The minimum atomic E-state index is -0.496. The average molecular weight is 282 g/mol. The van der Waals surface area contributed by atoms with Gasteiger partial charge < -0.3 is 11.1 Å². The molecule has 0 fully saturated rings. The fourth-order valence-corrected chi connectivity index (χ4v) is 2.62. The summed E-state index contributed by atoms with van der Waals surface area (Å²) in [6.45, 7) is 2.51. The Balaban J connectivity index is 1.94. The third kappa shape index (κ3) is 3.52. The highest BCUT2D eigenvalue weighted by molar-refractivity contribution is 7.10. The van der Waals surface area contributed by atoms with E-state index in [2.05, 4.69) is 5.32 Å². The molecule has 1 unspecified atom stereocenters. The third-order valence-corrected chi connectivity index (χ3v) is 3.90. The molecule has 0 aliphatic rings. The molecule has 102 valence electrons. The zero-order valence-electron chi connectivity index (χ0n) is 10.6. The largest absolute Gasteiger partial charge is 0.398 e. The molecule has 0 saturated heterocycles. The van der Waals surface area contributed by atoms with E-state index in [1.165, 1.54) is 18.2 Å². The van der Waals surface area contributed by atoms with Crippen LogP contribution in [-0.4, -0.2) is 6.04 Å². The van der Waals surface area contributed by atoms with Crippen LogP contribution < -0.4 is 11.1 Å². The molecule has 0 bridgehead atoms. The highest BCUT2D eigenvalue weighted by Gasteiger charge is 2.12. The van der Waals surface area contributed by atoms with Crippen LogP contribution >= 0.6 is 11.3 Å². The van der Waals surface area contributed by atoms with Gasteiger partial charge in [0.15, 0.2) is 0 Å². The lowest BCUT2D eigenvalue weighted by Crippen LogP contribution is -2.28. The van der Waals surface area contributed by atoms with Crippen molar-refractivity contribution in [2.45, 2.75) is 25.9 Å². The van der Waals surface area contributed by atoms with Gasteiger partial charge in [-0.2, -0.15) is 0 Å². The van der Waals surface area contributed by atoms with E-state index >= 15 is 0 Å². The van der Waals surface area contributed by atoms with E-state index in [-0.39, 0.29) is 11.6 Å². The van der Waals surface area contributed by atoms with E-state index in [9.17, 15) is 8.78 Å². The first kappa shape index (κ1) is 14.0. The fourth-order valence-electron chi connectivity index (χ4n) is 1.87. The number of hydrogen-bond donors (Lipinski definition) is 2. The summed E-state index contributed by atoms with van der Waals surface area (Å²) in [5.74, 6) is -0.992. The molecule has 0 aliphatic heterocycles. The van der Waals surface area contributed by atoms with Crippen LogP contribution in [0, 0.1) is 11.6 Å². The zero-order valence-corrected chi connectivity index (χ0v) is 11.4. The first-order valence-electron chi connectivity index (χ1n) is 6.06. The lowest BCUT2D eigenvalue weighted by atomic mass is 10.1. The van der Waals surface area contributed by atoms with Gasteiger partial charge in [-0.15, -0.1) is 11.3 Å². The molecule has 0 spiro atoms. The topological polar surface area (TPSA) is 38.0 Å². The van der Waals surface area contributed by atoms with Gasteiger partial charge in [0, 0.05) is 28.7 Å². The number of nitrogens with one attached hydrogen (secondary N) is 1. The van der Waals surface area contributed by atoms with Crippen molar-refractivity contribution >= 4 is 17.0 Å². The number of anilines is 1. The predicted octanol–water partition coefficient (Wildman–Crippen LogP) is 3.33. The number of benzene rings is 1. The summed E-state index contributed by atoms with van der Waals surface area (Å²) in [5, 5.41) is 5.15. The molecular formula is C14H16F2N2S. The average Bonchev–Trinajstić information content (AvgIpc) is 2.77. The Bertz CT molecular complexity index is 534. The number of nitrogen functional groups attached to an aromatic ring is 1. The molecule has 1 aromatic heterocycles. The SMILES string of the molecule is CC(Cc1c(F)cccc1F)NCc1sccc1N. The molecule has 1 heterocycles. The molecule has 19 heavy (non-hydrogen) atoms. The van der Waals surface area contributed by atoms with Crippen LogP contribution in [0.5, 0.6) is 0 Å². The van der Waals surface area contributed by atoms with Gasteiger partial charge in [0.1, 0.15) is 11.6 Å². The van der Waals surface area contributed by atoms with Gasteiger partial charge in [-0.25, -0.2) is 8.78 Å². The highest BCUT2D eigenvalue weighted by Crippen LogP contribution is 2.19. The van der Waals surface area contributed by atoms with Gasteiger partial charge >= 0.3 is 0 Å². The Labute approximate surface area is 115 Å². The van der Waals surface area contributed by atoms with Gasteiger partial charge in [0.05, 0.1) is 0 Å². The smallest absolute Gasteiger partial charge is 0.129 e. The Kier molecular flexibility index (Phi) is 4.50. The quantitative estimate of drug-likeness (QED) is 0.882. The summed E-state index contributed by atoms with van der Waals surface area (Å²) in [5.41, 5.74) is 6.66. The maximum absolute atomic E-state index is 13.5. The minimum Gasteiger partial charge on any atom is -0.398 e. The van der Waals surface area contributed by atoms with Crippen LogP contribution in [0.3, 0.4) is 0 Å². The molecule has 0 saturated carbocycles. The minimum absolute atomic E-state index is 0.0344. The molecule has 1 atom stereocenters. The Hall–Kier alpha value is -1.46. The number of hydrogen-bond acceptors (Lipinski definition) is 3. The van der Waals surface area contributed by atoms with Crippen LogP contribution in [0.4, 0.5) is 14.5 Å². The van der Waals surface area contributed by atoms with Gasteiger partial charge in [-0.3, -0.25) is 0 Å². The lowest BCUT2D eigenvalue weighted by molar-refractivity contribution is 0.501. The molecule has 0 amide bonds. The molecule has 5 heteroatoms. The standard InChI is InChI=1S/C14H16F2N2S/c1-9(18-8-14-13(17)5-6-19-14)7-10-11(15)3-2-4-12(10)16/h2-6,9,18H,7-8,17H2,1H3. The van der Waals surface area contributed by atoms with Gasteiger partial charge in [0.25, 0.3) is 0 Å². The Morgan fingerprint density at radius 3 is 2.53 bits per heavy atom. The number of nitrogens with two attached hydrogens (primary N) is 1. The van der Waals surface area contributed by atoms with Crippen molar-refractivity contribution < 1.29 is 8.78 Å². The van der Waals surface area contributed by atoms with E-state index in [1.807, 2.05) is 18.4 Å². The molecular weight excluding hydrogens is 266 g/mol. The molecule has 3 N–H and O–H groups in total. The summed E-state index contributed by atoms with van der Waals surface area (Å²) in [4.78, 5) is 1.04. The van der Waals surface area contributed by atoms with Crippen molar-refractivity contribution in [1.29, 1.82) is 0 Å². The summed E-state index contributed by atoms with van der Waals surface area (Å²) in [6, 6.07) is 5.75. The number of rotatable bonds is 5. The second kappa shape index (κ2) is 6.12. The van der Waals surface area contributed by atoms with Crippen molar-refractivity contribution in [3.8, 4) is 0 Å². The van der Waals surface area contributed by atoms with Crippen molar-refractivity contribution in [3.05, 3.63) is 51.7 Å².